The highest BCUT2D eigenvalue weighted by Gasteiger charge is 2.11. The molecular weight excluding hydrogens is 709 g/mol. The minimum Gasteiger partial charge on any atom is -0.493 e. The first-order chi connectivity index (χ1) is 28.7. The summed E-state index contributed by atoms with van der Waals surface area (Å²) >= 11 is 0. The SMILES string of the molecule is CCCCCCCCCCCCCCOc1ccccc1-c1ccc(CC(=O)Cc2ccc(-c3ccccc3OCCCCCCCCCCCCCC)cc2)cc1. The molecule has 0 saturated heterocycles. The van der Waals surface area contributed by atoms with E-state index in [9.17, 15) is 4.79 Å². The third-order valence-corrected chi connectivity index (χ3v) is 11.6. The van der Waals surface area contributed by atoms with Gasteiger partial charge in [0.2, 0.25) is 0 Å². The fourth-order valence-electron chi connectivity index (χ4n) is 8.03. The first-order valence-corrected chi connectivity index (χ1v) is 23.8. The molecular formula is C55H78O3. The summed E-state index contributed by atoms with van der Waals surface area (Å²) in [5.74, 6) is 2.09. The van der Waals surface area contributed by atoms with Crippen molar-refractivity contribution in [3.8, 4) is 33.8 Å². The largest absolute Gasteiger partial charge is 0.493 e. The molecule has 0 amide bonds. The van der Waals surface area contributed by atoms with E-state index in [-0.39, 0.29) is 5.78 Å². The van der Waals surface area contributed by atoms with Crippen LogP contribution in [0.5, 0.6) is 11.5 Å². The molecule has 0 aliphatic rings. The van der Waals surface area contributed by atoms with Crippen LogP contribution in [-0.4, -0.2) is 19.0 Å². The van der Waals surface area contributed by atoms with Gasteiger partial charge in [-0.05, 0) is 47.2 Å². The highest BCUT2D eigenvalue weighted by molar-refractivity contribution is 5.83. The van der Waals surface area contributed by atoms with Gasteiger partial charge in [0, 0.05) is 24.0 Å². The summed E-state index contributed by atoms with van der Waals surface area (Å²) in [5.41, 5.74) is 6.54. The molecule has 58 heavy (non-hydrogen) atoms. The lowest BCUT2D eigenvalue weighted by Gasteiger charge is -2.13. The average Bonchev–Trinajstić information content (AvgIpc) is 3.25. The molecule has 0 aromatic heterocycles. The molecule has 0 radical (unpaired) electrons. The summed E-state index contributed by atoms with van der Waals surface area (Å²) in [6, 6.07) is 33.5. The lowest BCUT2D eigenvalue weighted by molar-refractivity contribution is -0.117. The Labute approximate surface area is 354 Å². The lowest BCUT2D eigenvalue weighted by Crippen LogP contribution is -2.06. The molecule has 0 heterocycles. The second-order valence-electron chi connectivity index (χ2n) is 16.8. The smallest absolute Gasteiger partial charge is 0.141 e. The Morgan fingerprint density at radius 3 is 0.983 bits per heavy atom. The minimum atomic E-state index is 0.220. The number of Topliss-reactive ketones (excluding diaryl/α,β-unsaturated/α-hetero) is 1. The van der Waals surface area contributed by atoms with E-state index in [4.69, 9.17) is 9.47 Å². The molecule has 4 rings (SSSR count). The Hall–Kier alpha value is -3.85. The van der Waals surface area contributed by atoms with E-state index in [0.29, 0.717) is 12.8 Å². The van der Waals surface area contributed by atoms with Crippen LogP contribution in [0, 0.1) is 0 Å². The van der Waals surface area contributed by atoms with E-state index in [1.165, 1.54) is 141 Å². The summed E-state index contributed by atoms with van der Waals surface area (Å²) in [6.07, 6.45) is 33.1. The van der Waals surface area contributed by atoms with Crippen molar-refractivity contribution in [2.24, 2.45) is 0 Å². The van der Waals surface area contributed by atoms with Crippen LogP contribution < -0.4 is 9.47 Å². The van der Waals surface area contributed by atoms with Crippen LogP contribution in [0.25, 0.3) is 22.3 Å². The fourth-order valence-corrected chi connectivity index (χ4v) is 8.03. The van der Waals surface area contributed by atoms with E-state index in [1.807, 2.05) is 12.1 Å². The maximum atomic E-state index is 13.2. The van der Waals surface area contributed by atoms with Gasteiger partial charge >= 0.3 is 0 Å². The molecule has 0 N–H and O–H groups in total. The summed E-state index contributed by atoms with van der Waals surface area (Å²) in [4.78, 5) is 13.2. The summed E-state index contributed by atoms with van der Waals surface area (Å²) < 4.78 is 12.6. The second-order valence-corrected chi connectivity index (χ2v) is 16.8. The van der Waals surface area contributed by atoms with E-state index < -0.39 is 0 Å². The van der Waals surface area contributed by atoms with Gasteiger partial charge in [0.05, 0.1) is 13.2 Å². The van der Waals surface area contributed by atoms with Gasteiger partial charge in [-0.3, -0.25) is 4.79 Å². The van der Waals surface area contributed by atoms with Crippen molar-refractivity contribution in [3.63, 3.8) is 0 Å². The summed E-state index contributed by atoms with van der Waals surface area (Å²) in [7, 11) is 0. The average molecular weight is 787 g/mol. The first kappa shape index (κ1) is 46.8. The Bertz CT molecular complexity index is 1500. The Morgan fingerprint density at radius 2 is 0.655 bits per heavy atom. The minimum absolute atomic E-state index is 0.220. The van der Waals surface area contributed by atoms with Crippen LogP contribution in [0.15, 0.2) is 97.1 Å². The van der Waals surface area contributed by atoms with E-state index in [0.717, 1.165) is 70.9 Å². The number of para-hydroxylation sites is 2. The Balaban J connectivity index is 1.12. The molecule has 3 nitrogen and oxygen atoms in total. The van der Waals surface area contributed by atoms with Crippen molar-refractivity contribution >= 4 is 5.78 Å². The third-order valence-electron chi connectivity index (χ3n) is 11.6. The van der Waals surface area contributed by atoms with E-state index in [2.05, 4.69) is 98.8 Å². The molecule has 4 aromatic carbocycles. The van der Waals surface area contributed by atoms with Crippen molar-refractivity contribution in [2.45, 2.75) is 181 Å². The van der Waals surface area contributed by atoms with Crippen LogP contribution in [0.2, 0.25) is 0 Å². The quantitative estimate of drug-likeness (QED) is 0.0443. The van der Waals surface area contributed by atoms with Crippen molar-refractivity contribution < 1.29 is 14.3 Å². The number of carbonyl (C=O) groups excluding carboxylic acids is 1. The third kappa shape index (κ3) is 19.3. The second kappa shape index (κ2) is 30.2. The van der Waals surface area contributed by atoms with Crippen LogP contribution >= 0.6 is 0 Å². The predicted octanol–water partition coefficient (Wildman–Crippen LogP) is 16.5. The predicted molar refractivity (Wildman–Crippen MR) is 249 cm³/mol. The molecule has 3 heteroatoms. The van der Waals surface area contributed by atoms with Gasteiger partial charge in [0.25, 0.3) is 0 Å². The van der Waals surface area contributed by atoms with Crippen LogP contribution in [0.4, 0.5) is 0 Å². The number of ketones is 1. The topological polar surface area (TPSA) is 35.5 Å². The highest BCUT2D eigenvalue weighted by atomic mass is 16.5. The van der Waals surface area contributed by atoms with Gasteiger partial charge in [0.1, 0.15) is 17.3 Å². The van der Waals surface area contributed by atoms with Gasteiger partial charge in [-0.25, -0.2) is 0 Å². The van der Waals surface area contributed by atoms with Gasteiger partial charge in [-0.1, -0.05) is 240 Å². The number of ether oxygens (including phenoxy) is 2. The number of unbranched alkanes of at least 4 members (excludes halogenated alkanes) is 22. The van der Waals surface area contributed by atoms with E-state index >= 15 is 0 Å². The van der Waals surface area contributed by atoms with Crippen LogP contribution in [-0.2, 0) is 17.6 Å². The van der Waals surface area contributed by atoms with Crippen molar-refractivity contribution in [1.82, 2.24) is 0 Å². The highest BCUT2D eigenvalue weighted by Crippen LogP contribution is 2.32. The molecule has 0 atom stereocenters. The van der Waals surface area contributed by atoms with Crippen molar-refractivity contribution in [1.29, 1.82) is 0 Å². The molecule has 0 spiro atoms. The number of hydrogen-bond donors (Lipinski definition) is 0. The Morgan fingerprint density at radius 1 is 0.362 bits per heavy atom. The van der Waals surface area contributed by atoms with Crippen LogP contribution in [0.3, 0.4) is 0 Å². The molecule has 0 unspecified atom stereocenters. The molecule has 0 saturated carbocycles. The fraction of sp³-hybridized carbons (Fsp3) is 0.545. The number of rotatable bonds is 34. The molecule has 0 bridgehead atoms. The van der Waals surface area contributed by atoms with Gasteiger partial charge in [-0.15, -0.1) is 0 Å². The molecule has 4 aromatic rings. The molecule has 0 fully saturated rings. The first-order valence-electron chi connectivity index (χ1n) is 23.8. The zero-order valence-corrected chi connectivity index (χ0v) is 36.8. The van der Waals surface area contributed by atoms with Gasteiger partial charge in [0.15, 0.2) is 0 Å². The Kier molecular flexibility index (Phi) is 24.4. The zero-order chi connectivity index (χ0) is 40.7. The van der Waals surface area contributed by atoms with Gasteiger partial charge in [-0.2, -0.15) is 0 Å². The monoisotopic (exact) mass is 787 g/mol. The maximum absolute atomic E-state index is 13.2. The maximum Gasteiger partial charge on any atom is 0.141 e. The molecule has 0 aliphatic heterocycles. The number of hydrogen-bond acceptors (Lipinski definition) is 3. The van der Waals surface area contributed by atoms with Gasteiger partial charge < -0.3 is 9.47 Å². The number of benzene rings is 4. The normalized spacial score (nSPS) is 11.2. The lowest BCUT2D eigenvalue weighted by atomic mass is 9.98. The van der Waals surface area contributed by atoms with Crippen LogP contribution in [0.1, 0.15) is 179 Å². The summed E-state index contributed by atoms with van der Waals surface area (Å²) in [5, 5.41) is 0. The van der Waals surface area contributed by atoms with E-state index in [1.54, 1.807) is 0 Å². The zero-order valence-electron chi connectivity index (χ0n) is 36.8. The van der Waals surface area contributed by atoms with Crippen molar-refractivity contribution in [2.75, 3.05) is 13.2 Å². The molecule has 0 aliphatic carbocycles. The van der Waals surface area contributed by atoms with Crippen molar-refractivity contribution in [3.05, 3.63) is 108 Å². The standard InChI is InChI=1S/C55H78O3/c1-3-5-7-9-11-13-15-17-19-21-23-29-43-57-54-33-27-25-31-52(54)49-39-35-47(36-40-49)45-51(56)46-48-37-41-50(42-38-48)53-32-26-28-34-55(53)58-44-30-24-22-20-18-16-14-12-10-8-6-4-2/h25-28,31-42H,3-24,29-30,43-46H2,1-2H3. The molecule has 316 valence electrons. The number of carbonyl (C=O) groups is 1. The summed E-state index contributed by atoms with van der Waals surface area (Å²) in [6.45, 7) is 6.07.